The zero-order chi connectivity index (χ0) is 31.9. The number of amides is 1. The summed E-state index contributed by atoms with van der Waals surface area (Å²) in [5.74, 6) is 0.559. The number of hydrogen-bond acceptors (Lipinski definition) is 9. The molecule has 0 radical (unpaired) electrons. The Kier molecular flexibility index (Phi) is 9.95. The zero-order valence-electron chi connectivity index (χ0n) is 25.1. The van der Waals surface area contributed by atoms with Gasteiger partial charge in [0.15, 0.2) is 17.3 Å². The maximum atomic E-state index is 13.5. The van der Waals surface area contributed by atoms with Crippen LogP contribution in [0.4, 0.5) is 9.18 Å². The van der Waals surface area contributed by atoms with Crippen LogP contribution in [0.25, 0.3) is 10.9 Å². The first-order valence-corrected chi connectivity index (χ1v) is 13.8. The van der Waals surface area contributed by atoms with Gasteiger partial charge in [0.2, 0.25) is 0 Å². The number of rotatable bonds is 11. The van der Waals surface area contributed by atoms with Crippen molar-refractivity contribution in [1.29, 1.82) is 5.26 Å². The van der Waals surface area contributed by atoms with Crippen molar-refractivity contribution >= 4 is 22.8 Å². The van der Waals surface area contributed by atoms with Gasteiger partial charge in [0, 0.05) is 35.8 Å². The van der Waals surface area contributed by atoms with Crippen LogP contribution in [0.5, 0.6) is 17.2 Å². The van der Waals surface area contributed by atoms with Gasteiger partial charge in [-0.1, -0.05) is 12.1 Å². The van der Waals surface area contributed by atoms with Gasteiger partial charge in [0.1, 0.15) is 29.8 Å². The van der Waals surface area contributed by atoms with Crippen LogP contribution in [0, 0.1) is 17.1 Å². The van der Waals surface area contributed by atoms with Gasteiger partial charge in [-0.2, -0.15) is 5.26 Å². The van der Waals surface area contributed by atoms with Gasteiger partial charge in [0.25, 0.3) is 0 Å². The van der Waals surface area contributed by atoms with Crippen LogP contribution in [0.15, 0.2) is 61.1 Å². The van der Waals surface area contributed by atoms with E-state index in [1.807, 2.05) is 0 Å². The number of carbonyl (C=O) groups excluding carboxylic acids is 2. The Morgan fingerprint density at radius 2 is 1.73 bits per heavy atom. The number of halogens is 1. The van der Waals surface area contributed by atoms with Crippen LogP contribution in [0.3, 0.4) is 0 Å². The molecule has 2 heterocycles. The summed E-state index contributed by atoms with van der Waals surface area (Å²) in [5, 5.41) is 13.1. The highest BCUT2D eigenvalue weighted by atomic mass is 19.1. The van der Waals surface area contributed by atoms with E-state index in [0.29, 0.717) is 40.1 Å². The van der Waals surface area contributed by atoms with Crippen molar-refractivity contribution < 1.29 is 32.9 Å². The summed E-state index contributed by atoms with van der Waals surface area (Å²) >= 11 is 0. The fraction of sp³-hybridized carbons (Fsp3) is 0.303. The molecule has 44 heavy (non-hydrogen) atoms. The van der Waals surface area contributed by atoms with Crippen molar-refractivity contribution in [1.82, 2.24) is 15.3 Å². The number of pyridine rings is 2. The number of alkyl carbamates (subject to hydrolysis) is 1. The van der Waals surface area contributed by atoms with Gasteiger partial charge in [-0.05, 0) is 62.6 Å². The predicted molar refractivity (Wildman–Crippen MR) is 161 cm³/mol. The topological polar surface area (TPSA) is 133 Å². The third kappa shape index (κ3) is 8.19. The fourth-order valence-corrected chi connectivity index (χ4v) is 4.50. The average molecular weight is 601 g/mol. The molecular formula is C33H33FN4O6. The van der Waals surface area contributed by atoms with Gasteiger partial charge in [0.05, 0.1) is 37.5 Å². The molecule has 0 aliphatic rings. The second-order valence-electron chi connectivity index (χ2n) is 11.0. The van der Waals surface area contributed by atoms with E-state index in [4.69, 9.17) is 18.9 Å². The van der Waals surface area contributed by atoms with Crippen molar-refractivity contribution in [2.45, 2.75) is 45.3 Å². The Labute approximate surface area is 254 Å². The molecular weight excluding hydrogens is 567 g/mol. The zero-order valence-corrected chi connectivity index (χ0v) is 25.1. The maximum absolute atomic E-state index is 13.5. The highest BCUT2D eigenvalue weighted by molar-refractivity contribution is 6.00. The van der Waals surface area contributed by atoms with Crippen molar-refractivity contribution in [3.63, 3.8) is 0 Å². The number of Topliss-reactive ketones (excluding diaryl/α,β-unsaturated/α-hetero) is 1. The first-order valence-electron chi connectivity index (χ1n) is 13.8. The summed E-state index contributed by atoms with van der Waals surface area (Å²) in [6, 6.07) is 12.5. The molecule has 0 fully saturated rings. The van der Waals surface area contributed by atoms with E-state index in [0.717, 1.165) is 5.56 Å². The minimum Gasteiger partial charge on any atom is -0.493 e. The van der Waals surface area contributed by atoms with E-state index in [2.05, 4.69) is 21.4 Å². The van der Waals surface area contributed by atoms with Crippen LogP contribution < -0.4 is 19.5 Å². The Hall–Kier alpha value is -5.24. The first kappa shape index (κ1) is 31.7. The SMILES string of the molecule is COc1cc2ncc(C#N)c(CC(=O)c3cncc(OC[C@H](Cc4ccc(F)cc4)NC(=O)OC(C)(C)C)c3)c2cc1OC. The molecule has 0 saturated carbocycles. The van der Waals surface area contributed by atoms with Gasteiger partial charge < -0.3 is 24.3 Å². The van der Waals surface area contributed by atoms with Crippen LogP contribution >= 0.6 is 0 Å². The van der Waals surface area contributed by atoms with E-state index in [1.165, 1.54) is 44.9 Å². The standard InChI is InChI=1S/C33H33FN4O6/c1-33(2,3)44-32(40)38-24(10-20-6-8-23(34)9-7-20)19-43-25-11-21(16-36-18-25)29(39)12-26-22(15-35)17-37-28-14-31(42-5)30(41-4)13-27(26)28/h6-9,11,13-14,16-18,24H,10,12,19H2,1-5H3,(H,38,40)/t24-/m0/s1. The molecule has 11 heteroatoms. The number of nitriles is 1. The smallest absolute Gasteiger partial charge is 0.408 e. The number of aromatic nitrogens is 2. The molecule has 1 atom stereocenters. The molecule has 4 rings (SSSR count). The summed E-state index contributed by atoms with van der Waals surface area (Å²) < 4.78 is 35.6. The lowest BCUT2D eigenvalue weighted by Crippen LogP contribution is -2.43. The second kappa shape index (κ2) is 13.8. The molecule has 0 unspecified atom stereocenters. The minimum atomic E-state index is -0.702. The summed E-state index contributed by atoms with van der Waals surface area (Å²) in [6.07, 6.45) is 3.92. The number of ketones is 1. The summed E-state index contributed by atoms with van der Waals surface area (Å²) in [6.45, 7) is 5.29. The number of methoxy groups -OCH3 is 2. The Morgan fingerprint density at radius 3 is 2.39 bits per heavy atom. The largest absolute Gasteiger partial charge is 0.493 e. The average Bonchev–Trinajstić information content (AvgIpc) is 2.99. The molecule has 1 N–H and O–H groups in total. The number of benzene rings is 2. The van der Waals surface area contributed by atoms with Gasteiger partial charge in [-0.25, -0.2) is 9.18 Å². The van der Waals surface area contributed by atoms with Gasteiger partial charge in [-0.15, -0.1) is 0 Å². The van der Waals surface area contributed by atoms with Crippen molar-refractivity contribution in [2.24, 2.45) is 0 Å². The third-order valence-corrected chi connectivity index (χ3v) is 6.55. The second-order valence-corrected chi connectivity index (χ2v) is 11.0. The monoisotopic (exact) mass is 600 g/mol. The van der Waals surface area contributed by atoms with Crippen LogP contribution in [-0.2, 0) is 17.6 Å². The molecule has 0 saturated heterocycles. The number of hydrogen-bond donors (Lipinski definition) is 1. The normalized spacial score (nSPS) is 11.8. The lowest BCUT2D eigenvalue weighted by molar-refractivity contribution is 0.0487. The highest BCUT2D eigenvalue weighted by Gasteiger charge is 2.22. The number of ether oxygens (including phenoxy) is 4. The van der Waals surface area contributed by atoms with Crippen molar-refractivity contribution in [3.05, 3.63) is 89.1 Å². The number of nitrogens with one attached hydrogen (secondary N) is 1. The van der Waals surface area contributed by atoms with Gasteiger partial charge >= 0.3 is 6.09 Å². The first-order chi connectivity index (χ1) is 21.0. The number of fused-ring (bicyclic) bond motifs is 1. The summed E-state index contributed by atoms with van der Waals surface area (Å²) in [5.41, 5.74) is 1.65. The Bertz CT molecular complexity index is 1700. The quantitative estimate of drug-likeness (QED) is 0.219. The van der Waals surface area contributed by atoms with Crippen LogP contribution in [0.1, 0.15) is 47.8 Å². The third-order valence-electron chi connectivity index (χ3n) is 6.55. The Balaban J connectivity index is 1.53. The molecule has 0 aliphatic carbocycles. The number of nitrogens with zero attached hydrogens (tertiary/aromatic N) is 3. The minimum absolute atomic E-state index is 0.0190. The predicted octanol–water partition coefficient (Wildman–Crippen LogP) is 5.60. The van der Waals surface area contributed by atoms with Gasteiger partial charge in [-0.3, -0.25) is 14.8 Å². The van der Waals surface area contributed by atoms with E-state index < -0.39 is 17.7 Å². The summed E-state index contributed by atoms with van der Waals surface area (Å²) in [4.78, 5) is 34.5. The lowest BCUT2D eigenvalue weighted by Gasteiger charge is -2.24. The number of carbonyl (C=O) groups is 2. The van der Waals surface area contributed by atoms with E-state index in [-0.39, 0.29) is 35.8 Å². The molecule has 0 bridgehead atoms. The molecule has 10 nitrogen and oxygen atoms in total. The molecule has 1 amide bonds. The van der Waals surface area contributed by atoms with Crippen molar-refractivity contribution in [2.75, 3.05) is 20.8 Å². The molecule has 0 spiro atoms. The molecule has 0 aliphatic heterocycles. The molecule has 2 aromatic heterocycles. The molecule has 2 aromatic carbocycles. The van der Waals surface area contributed by atoms with Crippen LogP contribution in [0.2, 0.25) is 0 Å². The maximum Gasteiger partial charge on any atom is 0.408 e. The van der Waals surface area contributed by atoms with Crippen LogP contribution in [-0.4, -0.2) is 54.3 Å². The Morgan fingerprint density at radius 1 is 1.02 bits per heavy atom. The van der Waals surface area contributed by atoms with E-state index >= 15 is 0 Å². The fourth-order valence-electron chi connectivity index (χ4n) is 4.50. The molecule has 228 valence electrons. The molecule has 4 aromatic rings. The highest BCUT2D eigenvalue weighted by Crippen LogP contribution is 2.34. The van der Waals surface area contributed by atoms with E-state index in [1.54, 1.807) is 51.1 Å². The van der Waals surface area contributed by atoms with E-state index in [9.17, 15) is 19.2 Å². The lowest BCUT2D eigenvalue weighted by atomic mass is 9.96. The van der Waals surface area contributed by atoms with Crippen molar-refractivity contribution in [3.8, 4) is 23.3 Å². The summed E-state index contributed by atoms with van der Waals surface area (Å²) in [7, 11) is 3.01.